The van der Waals surface area contributed by atoms with Gasteiger partial charge in [-0.2, -0.15) is 0 Å². The number of amides is 1. The van der Waals surface area contributed by atoms with Crippen molar-refractivity contribution in [3.8, 4) is 0 Å². The van der Waals surface area contributed by atoms with Crippen LogP contribution < -0.4 is 5.32 Å². The van der Waals surface area contributed by atoms with Crippen LogP contribution in [0.1, 0.15) is 15.7 Å². The molecule has 1 N–H and O–H groups in total. The smallest absolute Gasteiger partial charge is 0.242 e. The van der Waals surface area contributed by atoms with Crippen LogP contribution in [0.25, 0.3) is 0 Å². The molecule has 0 radical (unpaired) electrons. The highest BCUT2D eigenvalue weighted by Gasteiger charge is 2.25. The van der Waals surface area contributed by atoms with Crippen LogP contribution in [-0.2, 0) is 11.3 Å². The molecule has 1 amide bonds. The van der Waals surface area contributed by atoms with E-state index in [-0.39, 0.29) is 11.7 Å². The minimum atomic E-state index is -0.575. The zero-order valence-corrected chi connectivity index (χ0v) is 16.7. The van der Waals surface area contributed by atoms with Crippen molar-refractivity contribution in [2.75, 3.05) is 5.32 Å². The third kappa shape index (κ3) is 4.87. The van der Waals surface area contributed by atoms with Gasteiger partial charge in [-0.05, 0) is 51.7 Å². The van der Waals surface area contributed by atoms with E-state index in [1.54, 1.807) is 16.0 Å². The summed E-state index contributed by atoms with van der Waals surface area (Å²) in [5.74, 6) is -0.594. The summed E-state index contributed by atoms with van der Waals surface area (Å²) in [6.45, 7) is 0.536. The van der Waals surface area contributed by atoms with E-state index in [1.165, 1.54) is 36.0 Å². The number of thiophene rings is 1. The second kappa shape index (κ2) is 8.97. The first-order valence-corrected chi connectivity index (χ1v) is 10.5. The van der Waals surface area contributed by atoms with Gasteiger partial charge >= 0.3 is 0 Å². The fourth-order valence-corrected chi connectivity index (χ4v) is 4.34. The third-order valence-electron chi connectivity index (χ3n) is 4.06. The molecule has 146 valence electrons. The molecule has 4 rings (SSSR count). The topological polar surface area (TPSA) is 72.7 Å². The SMILES string of the molecule is O=C(Nc1ccc(F)cc1)[C@@H](Sc1nnnn1Cc1cccs1)c1ccccc1. The number of carbonyl (C=O) groups is 1. The normalized spacial score (nSPS) is 11.9. The maximum atomic E-state index is 13.2. The van der Waals surface area contributed by atoms with Crippen LogP contribution in [0.3, 0.4) is 0 Å². The van der Waals surface area contributed by atoms with E-state index in [9.17, 15) is 9.18 Å². The molecule has 9 heteroatoms. The fourth-order valence-electron chi connectivity index (χ4n) is 2.68. The highest BCUT2D eigenvalue weighted by molar-refractivity contribution is 8.00. The first-order valence-electron chi connectivity index (χ1n) is 8.75. The Bertz CT molecular complexity index is 1070. The number of rotatable bonds is 7. The number of carbonyl (C=O) groups excluding carboxylic acids is 1. The molecule has 6 nitrogen and oxygen atoms in total. The summed E-state index contributed by atoms with van der Waals surface area (Å²) in [6, 6.07) is 19.1. The highest BCUT2D eigenvalue weighted by atomic mass is 32.2. The second-order valence-corrected chi connectivity index (χ2v) is 8.21. The van der Waals surface area contributed by atoms with Crippen molar-refractivity contribution >= 4 is 34.7 Å². The van der Waals surface area contributed by atoms with Crippen LogP contribution in [0.4, 0.5) is 10.1 Å². The number of thioether (sulfide) groups is 1. The van der Waals surface area contributed by atoms with Gasteiger partial charge in [0, 0.05) is 10.6 Å². The molecule has 2 heterocycles. The minimum absolute atomic E-state index is 0.238. The number of nitrogens with one attached hydrogen (secondary N) is 1. The maximum Gasteiger partial charge on any atom is 0.242 e. The minimum Gasteiger partial charge on any atom is -0.325 e. The summed E-state index contributed by atoms with van der Waals surface area (Å²) >= 11 is 2.89. The molecule has 2 aromatic carbocycles. The van der Waals surface area contributed by atoms with Crippen LogP contribution in [-0.4, -0.2) is 26.1 Å². The predicted molar refractivity (Wildman–Crippen MR) is 111 cm³/mol. The van der Waals surface area contributed by atoms with E-state index < -0.39 is 5.25 Å². The second-order valence-electron chi connectivity index (χ2n) is 6.10. The molecule has 29 heavy (non-hydrogen) atoms. The van der Waals surface area contributed by atoms with Gasteiger partial charge in [0.25, 0.3) is 0 Å². The van der Waals surface area contributed by atoms with Crippen molar-refractivity contribution in [1.29, 1.82) is 0 Å². The van der Waals surface area contributed by atoms with Crippen molar-refractivity contribution in [2.45, 2.75) is 17.0 Å². The maximum absolute atomic E-state index is 13.2. The van der Waals surface area contributed by atoms with Gasteiger partial charge in [-0.3, -0.25) is 4.79 Å². The molecular weight excluding hydrogens is 409 g/mol. The van der Waals surface area contributed by atoms with Crippen LogP contribution >= 0.6 is 23.1 Å². The Kier molecular flexibility index (Phi) is 5.97. The molecule has 0 bridgehead atoms. The lowest BCUT2D eigenvalue weighted by Crippen LogP contribution is -2.19. The standard InChI is InChI=1S/C20H16FN5OS2/c21-15-8-10-16(11-9-15)22-19(27)18(14-5-2-1-3-6-14)29-20-23-24-25-26(20)13-17-7-4-12-28-17/h1-12,18H,13H2,(H,22,27)/t18-/m0/s1. The first-order chi connectivity index (χ1) is 14.2. The highest BCUT2D eigenvalue weighted by Crippen LogP contribution is 2.35. The zero-order valence-electron chi connectivity index (χ0n) is 15.1. The molecule has 0 aliphatic rings. The average Bonchev–Trinajstić information content (AvgIpc) is 3.41. The Morgan fingerprint density at radius 3 is 2.62 bits per heavy atom. The number of tetrazole rings is 1. The molecule has 4 aromatic rings. The summed E-state index contributed by atoms with van der Waals surface area (Å²) in [6.07, 6.45) is 0. The molecule has 0 fully saturated rings. The monoisotopic (exact) mass is 425 g/mol. The number of halogens is 1. The van der Waals surface area contributed by atoms with Crippen molar-refractivity contribution in [2.24, 2.45) is 0 Å². The van der Waals surface area contributed by atoms with E-state index in [2.05, 4.69) is 20.8 Å². The van der Waals surface area contributed by atoms with Crippen molar-refractivity contribution in [1.82, 2.24) is 20.2 Å². The Hall–Kier alpha value is -3.04. The Labute approximate surface area is 174 Å². The average molecular weight is 426 g/mol. The summed E-state index contributed by atoms with van der Waals surface area (Å²) in [4.78, 5) is 14.2. The summed E-state index contributed by atoms with van der Waals surface area (Å²) in [5, 5.41) is 16.7. The number of nitrogens with zero attached hydrogens (tertiary/aromatic N) is 4. The molecule has 0 saturated heterocycles. The quantitative estimate of drug-likeness (QED) is 0.445. The van der Waals surface area contributed by atoms with Crippen LogP contribution in [0.2, 0.25) is 0 Å². The van der Waals surface area contributed by atoms with E-state index in [4.69, 9.17) is 0 Å². The van der Waals surface area contributed by atoms with Gasteiger partial charge in [0.1, 0.15) is 11.1 Å². The van der Waals surface area contributed by atoms with Gasteiger partial charge in [0.2, 0.25) is 11.1 Å². The molecule has 0 unspecified atom stereocenters. The molecular formula is C20H16FN5OS2. The van der Waals surface area contributed by atoms with Crippen molar-refractivity contribution in [3.05, 3.63) is 88.4 Å². The van der Waals surface area contributed by atoms with Gasteiger partial charge in [0.05, 0.1) is 6.54 Å². The van der Waals surface area contributed by atoms with Crippen LogP contribution in [0.15, 0.2) is 77.3 Å². The van der Waals surface area contributed by atoms with Gasteiger partial charge in [0.15, 0.2) is 0 Å². The van der Waals surface area contributed by atoms with E-state index >= 15 is 0 Å². The molecule has 0 saturated carbocycles. The zero-order chi connectivity index (χ0) is 20.1. The molecule has 1 atom stereocenters. The van der Waals surface area contributed by atoms with Crippen LogP contribution in [0, 0.1) is 5.82 Å². The number of anilines is 1. The van der Waals surface area contributed by atoms with Gasteiger partial charge in [-0.25, -0.2) is 9.07 Å². The summed E-state index contributed by atoms with van der Waals surface area (Å²) in [7, 11) is 0. The lowest BCUT2D eigenvalue weighted by Gasteiger charge is -2.16. The number of hydrogen-bond donors (Lipinski definition) is 1. The van der Waals surface area contributed by atoms with E-state index in [1.807, 2.05) is 47.8 Å². The Morgan fingerprint density at radius 1 is 1.10 bits per heavy atom. The first kappa shape index (κ1) is 19.3. The van der Waals surface area contributed by atoms with Gasteiger partial charge in [-0.1, -0.05) is 48.2 Å². The molecule has 0 aliphatic carbocycles. The summed E-state index contributed by atoms with van der Waals surface area (Å²) in [5.41, 5.74) is 1.35. The molecule has 0 spiro atoms. The van der Waals surface area contributed by atoms with E-state index in [0.717, 1.165) is 10.4 Å². The fraction of sp³-hybridized carbons (Fsp3) is 0.100. The Balaban J connectivity index is 1.58. The number of benzene rings is 2. The van der Waals surface area contributed by atoms with Crippen LogP contribution in [0.5, 0.6) is 0 Å². The van der Waals surface area contributed by atoms with Gasteiger partial charge in [-0.15, -0.1) is 16.4 Å². The molecule has 2 aromatic heterocycles. The molecule has 0 aliphatic heterocycles. The lowest BCUT2D eigenvalue weighted by atomic mass is 10.1. The lowest BCUT2D eigenvalue weighted by molar-refractivity contribution is -0.115. The van der Waals surface area contributed by atoms with Gasteiger partial charge < -0.3 is 5.32 Å². The summed E-state index contributed by atoms with van der Waals surface area (Å²) < 4.78 is 14.8. The van der Waals surface area contributed by atoms with E-state index in [0.29, 0.717) is 17.4 Å². The Morgan fingerprint density at radius 2 is 1.90 bits per heavy atom. The predicted octanol–water partition coefficient (Wildman–Crippen LogP) is 4.39. The third-order valence-corrected chi connectivity index (χ3v) is 6.15. The van der Waals surface area contributed by atoms with Crippen molar-refractivity contribution in [3.63, 3.8) is 0 Å². The number of hydrogen-bond acceptors (Lipinski definition) is 6. The number of aromatic nitrogens is 4. The largest absolute Gasteiger partial charge is 0.325 e. The van der Waals surface area contributed by atoms with Crippen molar-refractivity contribution < 1.29 is 9.18 Å².